The smallest absolute Gasteiger partial charge is 0.275 e. The van der Waals surface area contributed by atoms with Crippen LogP contribution in [0.4, 0.5) is 10.1 Å². The van der Waals surface area contributed by atoms with Crippen molar-refractivity contribution < 1.29 is 9.18 Å². The van der Waals surface area contributed by atoms with Gasteiger partial charge in [-0.25, -0.2) is 9.37 Å². The second-order valence-electron chi connectivity index (χ2n) is 4.71. The molecule has 0 aliphatic rings. The van der Waals surface area contributed by atoms with Gasteiger partial charge in [-0.05, 0) is 42.8 Å². The Morgan fingerprint density at radius 2 is 2.00 bits per heavy atom. The lowest BCUT2D eigenvalue weighted by atomic mass is 10.2. The molecule has 3 aromatic rings. The van der Waals surface area contributed by atoms with E-state index >= 15 is 0 Å². The third-order valence-electron chi connectivity index (χ3n) is 3.01. The zero-order valence-corrected chi connectivity index (χ0v) is 11.3. The highest BCUT2D eigenvalue weighted by atomic mass is 19.1. The van der Waals surface area contributed by atoms with Crippen molar-refractivity contribution in [3.8, 4) is 0 Å². The Labute approximate surface area is 120 Å². The van der Waals surface area contributed by atoms with Gasteiger partial charge in [-0.3, -0.25) is 9.78 Å². The summed E-state index contributed by atoms with van der Waals surface area (Å²) in [6, 6.07) is 11.3. The minimum absolute atomic E-state index is 0.192. The van der Waals surface area contributed by atoms with Crippen molar-refractivity contribution in [2.75, 3.05) is 5.32 Å². The minimum atomic E-state index is -0.420. The number of aryl methyl sites for hydroxylation is 1. The van der Waals surface area contributed by atoms with Crippen molar-refractivity contribution in [2.24, 2.45) is 0 Å². The maximum absolute atomic E-state index is 13.1. The Balaban J connectivity index is 1.90. The molecule has 1 heterocycles. The number of nitrogens with one attached hydrogen (secondary N) is 1. The zero-order chi connectivity index (χ0) is 14.8. The first-order chi connectivity index (χ1) is 10.1. The molecule has 0 saturated heterocycles. The van der Waals surface area contributed by atoms with Gasteiger partial charge in [0.15, 0.2) is 0 Å². The van der Waals surface area contributed by atoms with Crippen molar-refractivity contribution in [3.05, 3.63) is 65.7 Å². The molecule has 0 saturated carbocycles. The molecule has 0 atom stereocenters. The molecule has 0 aliphatic heterocycles. The van der Waals surface area contributed by atoms with Crippen LogP contribution in [0.5, 0.6) is 0 Å². The van der Waals surface area contributed by atoms with Crippen LogP contribution in [0, 0.1) is 12.7 Å². The molecule has 1 aromatic heterocycles. The number of fused-ring (bicyclic) bond motifs is 1. The van der Waals surface area contributed by atoms with E-state index in [-0.39, 0.29) is 5.69 Å². The summed E-state index contributed by atoms with van der Waals surface area (Å²) in [5.41, 5.74) is 2.99. The molecule has 0 bridgehead atoms. The van der Waals surface area contributed by atoms with Crippen molar-refractivity contribution in [1.82, 2.24) is 9.97 Å². The van der Waals surface area contributed by atoms with Crippen LogP contribution in [-0.2, 0) is 0 Å². The number of hydrogen-bond donors (Lipinski definition) is 1. The van der Waals surface area contributed by atoms with Crippen molar-refractivity contribution in [2.45, 2.75) is 6.92 Å². The number of aromatic nitrogens is 2. The van der Waals surface area contributed by atoms with Gasteiger partial charge in [-0.1, -0.05) is 12.1 Å². The second kappa shape index (κ2) is 5.28. The lowest BCUT2D eigenvalue weighted by Gasteiger charge is -2.05. The predicted molar refractivity (Wildman–Crippen MR) is 78.6 cm³/mol. The fraction of sp³-hybridized carbons (Fsp3) is 0.0625. The van der Waals surface area contributed by atoms with E-state index in [2.05, 4.69) is 15.3 Å². The third-order valence-corrected chi connectivity index (χ3v) is 3.01. The molecule has 0 fully saturated rings. The molecule has 104 valence electrons. The normalized spacial score (nSPS) is 10.6. The van der Waals surface area contributed by atoms with Gasteiger partial charge in [0.1, 0.15) is 11.5 Å². The molecule has 2 aromatic carbocycles. The zero-order valence-electron chi connectivity index (χ0n) is 11.3. The number of anilines is 1. The summed E-state index contributed by atoms with van der Waals surface area (Å²) in [5.74, 6) is -0.829. The van der Waals surface area contributed by atoms with Crippen molar-refractivity contribution >= 4 is 22.6 Å². The van der Waals surface area contributed by atoms with Crippen molar-refractivity contribution in [1.29, 1.82) is 0 Å². The van der Waals surface area contributed by atoms with Crippen LogP contribution in [0.1, 0.15) is 16.1 Å². The summed E-state index contributed by atoms with van der Waals surface area (Å²) in [7, 11) is 0. The fourth-order valence-electron chi connectivity index (χ4n) is 1.99. The topological polar surface area (TPSA) is 54.9 Å². The SMILES string of the molecule is Cc1ccc2ncc(C(=O)Nc3cccc(F)c3)nc2c1. The molecule has 3 rings (SSSR count). The number of carbonyl (C=O) groups excluding carboxylic acids is 1. The molecule has 21 heavy (non-hydrogen) atoms. The number of carbonyl (C=O) groups is 1. The highest BCUT2D eigenvalue weighted by Gasteiger charge is 2.10. The average molecular weight is 281 g/mol. The molecule has 0 aliphatic carbocycles. The Kier molecular flexibility index (Phi) is 3.31. The fourth-order valence-corrected chi connectivity index (χ4v) is 1.99. The van der Waals surface area contributed by atoms with Crippen LogP contribution >= 0.6 is 0 Å². The maximum atomic E-state index is 13.1. The predicted octanol–water partition coefficient (Wildman–Crippen LogP) is 3.33. The minimum Gasteiger partial charge on any atom is -0.321 e. The summed E-state index contributed by atoms with van der Waals surface area (Å²) in [6.45, 7) is 1.95. The van der Waals surface area contributed by atoms with E-state index in [1.54, 1.807) is 6.07 Å². The number of halogens is 1. The van der Waals surface area contributed by atoms with Gasteiger partial charge < -0.3 is 5.32 Å². The average Bonchev–Trinajstić information content (AvgIpc) is 2.46. The van der Waals surface area contributed by atoms with Crippen LogP contribution in [-0.4, -0.2) is 15.9 Å². The molecule has 0 radical (unpaired) electrons. The number of hydrogen-bond acceptors (Lipinski definition) is 3. The van der Waals surface area contributed by atoms with Gasteiger partial charge in [0.2, 0.25) is 0 Å². The van der Waals surface area contributed by atoms with E-state index in [4.69, 9.17) is 0 Å². The summed E-state index contributed by atoms with van der Waals surface area (Å²) in [4.78, 5) is 20.6. The number of nitrogens with zero attached hydrogens (tertiary/aromatic N) is 2. The van der Waals surface area contributed by atoms with E-state index < -0.39 is 11.7 Å². The Morgan fingerprint density at radius 3 is 2.81 bits per heavy atom. The summed E-state index contributed by atoms with van der Waals surface area (Å²) >= 11 is 0. The molecule has 1 N–H and O–H groups in total. The van der Waals surface area contributed by atoms with Gasteiger partial charge >= 0.3 is 0 Å². The molecule has 0 unspecified atom stereocenters. The van der Waals surface area contributed by atoms with E-state index in [1.165, 1.54) is 24.4 Å². The highest BCUT2D eigenvalue weighted by Crippen LogP contribution is 2.14. The largest absolute Gasteiger partial charge is 0.321 e. The molecule has 1 amide bonds. The van der Waals surface area contributed by atoms with Crippen molar-refractivity contribution in [3.63, 3.8) is 0 Å². The van der Waals surface area contributed by atoms with Gasteiger partial charge in [-0.2, -0.15) is 0 Å². The van der Waals surface area contributed by atoms with E-state index in [0.717, 1.165) is 11.1 Å². The van der Waals surface area contributed by atoms with Gasteiger partial charge in [0.25, 0.3) is 5.91 Å². The summed E-state index contributed by atoms with van der Waals surface area (Å²) < 4.78 is 13.1. The second-order valence-corrected chi connectivity index (χ2v) is 4.71. The Bertz CT molecular complexity index is 833. The summed E-state index contributed by atoms with van der Waals surface area (Å²) in [5, 5.41) is 2.60. The van der Waals surface area contributed by atoms with Crippen LogP contribution in [0.15, 0.2) is 48.7 Å². The van der Waals surface area contributed by atoms with Crippen LogP contribution in [0.25, 0.3) is 11.0 Å². The Morgan fingerprint density at radius 1 is 1.14 bits per heavy atom. The lowest BCUT2D eigenvalue weighted by molar-refractivity contribution is 0.102. The number of amides is 1. The van der Waals surface area contributed by atoms with Crippen LogP contribution in [0.2, 0.25) is 0 Å². The molecular weight excluding hydrogens is 269 g/mol. The Hall–Kier alpha value is -2.82. The van der Waals surface area contributed by atoms with Crippen LogP contribution in [0.3, 0.4) is 0 Å². The van der Waals surface area contributed by atoms with E-state index in [1.807, 2.05) is 25.1 Å². The number of rotatable bonds is 2. The summed E-state index contributed by atoms with van der Waals surface area (Å²) in [6.07, 6.45) is 1.41. The first kappa shape index (κ1) is 13.2. The highest BCUT2D eigenvalue weighted by molar-refractivity contribution is 6.03. The lowest BCUT2D eigenvalue weighted by Crippen LogP contribution is -2.14. The van der Waals surface area contributed by atoms with Gasteiger partial charge in [-0.15, -0.1) is 0 Å². The van der Waals surface area contributed by atoms with Gasteiger partial charge in [0.05, 0.1) is 17.2 Å². The van der Waals surface area contributed by atoms with Crippen LogP contribution < -0.4 is 5.32 Å². The third kappa shape index (κ3) is 2.86. The number of benzene rings is 2. The molecule has 5 heteroatoms. The van der Waals surface area contributed by atoms with Gasteiger partial charge in [0, 0.05) is 5.69 Å². The maximum Gasteiger partial charge on any atom is 0.275 e. The monoisotopic (exact) mass is 281 g/mol. The van der Waals surface area contributed by atoms with E-state index in [9.17, 15) is 9.18 Å². The molecule has 4 nitrogen and oxygen atoms in total. The van der Waals surface area contributed by atoms with E-state index in [0.29, 0.717) is 11.2 Å². The molecule has 0 spiro atoms. The first-order valence-electron chi connectivity index (χ1n) is 6.42. The molecular formula is C16H12FN3O. The first-order valence-corrected chi connectivity index (χ1v) is 6.42. The quantitative estimate of drug-likeness (QED) is 0.784. The standard InChI is InChI=1S/C16H12FN3O/c1-10-5-6-13-14(7-10)20-15(9-18-13)16(21)19-12-4-2-3-11(17)8-12/h2-9H,1H3,(H,19,21).